The fraction of sp³-hybridized carbons (Fsp3) is 0.364. The van der Waals surface area contributed by atoms with E-state index in [2.05, 4.69) is 5.32 Å². The van der Waals surface area contributed by atoms with E-state index in [-0.39, 0.29) is 11.9 Å². The monoisotopic (exact) mass is 225 g/mol. The summed E-state index contributed by atoms with van der Waals surface area (Å²) in [6.45, 7) is 1.97. The summed E-state index contributed by atoms with van der Waals surface area (Å²) in [6, 6.07) is 3.86. The van der Waals surface area contributed by atoms with Gasteiger partial charge in [0.05, 0.1) is 17.7 Å². The number of rotatable bonds is 1. The molecule has 1 amide bonds. The zero-order chi connectivity index (χ0) is 11.0. The van der Waals surface area contributed by atoms with Gasteiger partial charge in [-0.05, 0) is 25.0 Å². The van der Waals surface area contributed by atoms with Gasteiger partial charge in [-0.15, -0.1) is 0 Å². The molecule has 0 radical (unpaired) electrons. The Morgan fingerprint density at radius 1 is 1.53 bits per heavy atom. The van der Waals surface area contributed by atoms with Gasteiger partial charge in [-0.25, -0.2) is 0 Å². The van der Waals surface area contributed by atoms with E-state index < -0.39 is 0 Å². The van der Waals surface area contributed by atoms with Crippen LogP contribution in [0.2, 0.25) is 5.02 Å². The summed E-state index contributed by atoms with van der Waals surface area (Å²) in [5.74, 6) is 0.424. The predicted molar refractivity (Wildman–Crippen MR) is 58.6 cm³/mol. The quantitative estimate of drug-likeness (QED) is 0.794. The van der Waals surface area contributed by atoms with E-state index in [1.165, 1.54) is 7.11 Å². The molecule has 1 atom stereocenters. The molecule has 0 saturated heterocycles. The van der Waals surface area contributed by atoms with Crippen LogP contribution in [0.5, 0.6) is 5.75 Å². The van der Waals surface area contributed by atoms with Gasteiger partial charge >= 0.3 is 0 Å². The van der Waals surface area contributed by atoms with Crippen molar-refractivity contribution in [1.29, 1.82) is 0 Å². The maximum absolute atomic E-state index is 11.7. The lowest BCUT2D eigenvalue weighted by atomic mass is 9.96. The average molecular weight is 226 g/mol. The highest BCUT2D eigenvalue weighted by atomic mass is 35.5. The molecule has 2 rings (SSSR count). The van der Waals surface area contributed by atoms with Gasteiger partial charge in [0.15, 0.2) is 0 Å². The lowest BCUT2D eigenvalue weighted by molar-refractivity contribution is 0.0929. The van der Waals surface area contributed by atoms with Crippen LogP contribution in [0.15, 0.2) is 12.1 Å². The number of carbonyl (C=O) groups is 1. The molecule has 0 fully saturated rings. The van der Waals surface area contributed by atoms with Crippen LogP contribution in [0, 0.1) is 0 Å². The van der Waals surface area contributed by atoms with Gasteiger partial charge in [0.2, 0.25) is 0 Å². The Morgan fingerprint density at radius 2 is 2.27 bits per heavy atom. The summed E-state index contributed by atoms with van der Waals surface area (Å²) in [4.78, 5) is 11.7. The van der Waals surface area contributed by atoms with Crippen molar-refractivity contribution >= 4 is 17.5 Å². The van der Waals surface area contributed by atoms with Crippen molar-refractivity contribution in [1.82, 2.24) is 5.32 Å². The Bertz CT molecular complexity index is 417. The zero-order valence-corrected chi connectivity index (χ0v) is 9.39. The molecule has 1 aliphatic rings. The van der Waals surface area contributed by atoms with Crippen molar-refractivity contribution in [2.24, 2.45) is 0 Å². The molecule has 1 aromatic rings. The van der Waals surface area contributed by atoms with Gasteiger partial charge in [-0.3, -0.25) is 4.79 Å². The molecule has 1 aliphatic heterocycles. The van der Waals surface area contributed by atoms with Gasteiger partial charge < -0.3 is 10.1 Å². The summed E-state index contributed by atoms with van der Waals surface area (Å²) in [6.07, 6.45) is 0.810. The average Bonchev–Trinajstić information content (AvgIpc) is 2.17. The lowest BCUT2D eigenvalue weighted by Crippen LogP contribution is -2.39. The van der Waals surface area contributed by atoms with E-state index in [1.54, 1.807) is 6.07 Å². The van der Waals surface area contributed by atoms with Gasteiger partial charge in [0.1, 0.15) is 5.75 Å². The number of ether oxygens (including phenoxy) is 1. The van der Waals surface area contributed by atoms with Gasteiger partial charge in [0.25, 0.3) is 5.91 Å². The Balaban J connectivity index is 2.56. The highest BCUT2D eigenvalue weighted by molar-refractivity contribution is 6.35. The van der Waals surface area contributed by atoms with Crippen LogP contribution >= 0.6 is 11.6 Å². The second-order valence-electron chi connectivity index (χ2n) is 3.69. The third kappa shape index (κ3) is 1.67. The molecule has 15 heavy (non-hydrogen) atoms. The number of benzene rings is 1. The highest BCUT2D eigenvalue weighted by Gasteiger charge is 2.25. The van der Waals surface area contributed by atoms with Crippen molar-refractivity contribution < 1.29 is 9.53 Å². The first-order chi connectivity index (χ1) is 7.13. The minimum absolute atomic E-state index is 0.118. The van der Waals surface area contributed by atoms with Crippen molar-refractivity contribution in [3.05, 3.63) is 28.3 Å². The first kappa shape index (κ1) is 10.3. The van der Waals surface area contributed by atoms with E-state index in [0.29, 0.717) is 16.3 Å². The molecule has 80 valence electrons. The summed E-state index contributed by atoms with van der Waals surface area (Å²) < 4.78 is 5.07. The van der Waals surface area contributed by atoms with E-state index in [4.69, 9.17) is 16.3 Å². The van der Waals surface area contributed by atoms with Crippen LogP contribution < -0.4 is 10.1 Å². The maximum Gasteiger partial charge on any atom is 0.253 e. The van der Waals surface area contributed by atoms with Crippen LogP contribution in [-0.4, -0.2) is 19.1 Å². The molecular weight excluding hydrogens is 214 g/mol. The van der Waals surface area contributed by atoms with Crippen molar-refractivity contribution in [3.8, 4) is 5.75 Å². The molecule has 0 aliphatic carbocycles. The fourth-order valence-corrected chi connectivity index (χ4v) is 2.19. The molecule has 1 heterocycles. The number of amides is 1. The second kappa shape index (κ2) is 3.74. The number of fused-ring (bicyclic) bond motifs is 1. The Kier molecular flexibility index (Phi) is 2.57. The number of carbonyl (C=O) groups excluding carboxylic acids is 1. The van der Waals surface area contributed by atoms with Gasteiger partial charge in [-0.2, -0.15) is 0 Å². The molecule has 1 N–H and O–H groups in total. The van der Waals surface area contributed by atoms with Crippen LogP contribution in [-0.2, 0) is 6.42 Å². The molecular formula is C11H12ClNO2. The Labute approximate surface area is 93.4 Å². The van der Waals surface area contributed by atoms with Crippen molar-refractivity contribution in [2.45, 2.75) is 19.4 Å². The highest BCUT2D eigenvalue weighted by Crippen LogP contribution is 2.32. The second-order valence-corrected chi connectivity index (χ2v) is 4.07. The summed E-state index contributed by atoms with van der Waals surface area (Å²) in [5, 5.41) is 3.25. The Hall–Kier alpha value is -1.22. The normalized spacial score (nSPS) is 19.4. The van der Waals surface area contributed by atoms with Crippen molar-refractivity contribution in [3.63, 3.8) is 0 Å². The first-order valence-electron chi connectivity index (χ1n) is 4.79. The molecule has 0 bridgehead atoms. The van der Waals surface area contributed by atoms with E-state index in [1.807, 2.05) is 13.0 Å². The largest absolute Gasteiger partial charge is 0.495 e. The van der Waals surface area contributed by atoms with E-state index in [0.717, 1.165) is 12.0 Å². The maximum atomic E-state index is 11.7. The van der Waals surface area contributed by atoms with Crippen LogP contribution in [0.1, 0.15) is 22.8 Å². The summed E-state index contributed by atoms with van der Waals surface area (Å²) in [5.41, 5.74) is 1.53. The minimum Gasteiger partial charge on any atom is -0.495 e. The fourth-order valence-electron chi connectivity index (χ4n) is 1.85. The van der Waals surface area contributed by atoms with E-state index >= 15 is 0 Å². The smallest absolute Gasteiger partial charge is 0.253 e. The van der Waals surface area contributed by atoms with Crippen LogP contribution in [0.4, 0.5) is 0 Å². The third-order valence-electron chi connectivity index (χ3n) is 2.54. The molecule has 0 saturated carbocycles. The molecule has 0 unspecified atom stereocenters. The van der Waals surface area contributed by atoms with Crippen LogP contribution in [0.3, 0.4) is 0 Å². The molecule has 4 heteroatoms. The lowest BCUT2D eigenvalue weighted by Gasteiger charge is -2.23. The van der Waals surface area contributed by atoms with Gasteiger partial charge in [0, 0.05) is 6.04 Å². The molecule has 1 aromatic carbocycles. The van der Waals surface area contributed by atoms with E-state index in [9.17, 15) is 4.79 Å². The topological polar surface area (TPSA) is 38.3 Å². The predicted octanol–water partition coefficient (Wildman–Crippen LogP) is 2.02. The molecule has 0 spiro atoms. The molecule has 0 aromatic heterocycles. The zero-order valence-electron chi connectivity index (χ0n) is 8.63. The third-order valence-corrected chi connectivity index (χ3v) is 2.92. The SMILES string of the molecule is COc1ccc2c(c1Cl)C(=O)N[C@@H](C)C2. The van der Waals surface area contributed by atoms with Crippen LogP contribution in [0.25, 0.3) is 0 Å². The number of methoxy groups -OCH3 is 1. The minimum atomic E-state index is -0.118. The summed E-state index contributed by atoms with van der Waals surface area (Å²) >= 11 is 6.08. The number of nitrogens with one attached hydrogen (secondary N) is 1. The first-order valence-corrected chi connectivity index (χ1v) is 5.17. The van der Waals surface area contributed by atoms with Crippen molar-refractivity contribution in [2.75, 3.05) is 7.11 Å². The number of halogens is 1. The molecule has 3 nitrogen and oxygen atoms in total. The number of hydrogen-bond acceptors (Lipinski definition) is 2. The standard InChI is InChI=1S/C11H12ClNO2/c1-6-5-7-3-4-8(15-2)10(12)9(7)11(14)13-6/h3-4,6H,5H2,1-2H3,(H,13,14)/t6-/m0/s1. The van der Waals surface area contributed by atoms with Gasteiger partial charge in [-0.1, -0.05) is 17.7 Å². The Morgan fingerprint density at radius 3 is 2.93 bits per heavy atom. The number of hydrogen-bond donors (Lipinski definition) is 1. The summed E-state index contributed by atoms with van der Waals surface area (Å²) in [7, 11) is 1.54.